The summed E-state index contributed by atoms with van der Waals surface area (Å²) in [4.78, 5) is 33.3. The summed E-state index contributed by atoms with van der Waals surface area (Å²) in [6, 6.07) is 5.03. The summed E-state index contributed by atoms with van der Waals surface area (Å²) >= 11 is 0. The second kappa shape index (κ2) is 8.19. The van der Waals surface area contributed by atoms with Crippen LogP contribution in [0.3, 0.4) is 0 Å². The number of aryl methyl sites for hydroxylation is 1. The third-order valence-electron chi connectivity index (χ3n) is 8.13. The number of aromatic nitrogens is 2. The minimum absolute atomic E-state index is 0.0216. The van der Waals surface area contributed by atoms with Gasteiger partial charge in [0, 0.05) is 54.8 Å². The molecule has 3 aromatic rings. The molecule has 3 aliphatic heterocycles. The Balaban J connectivity index is 1.63. The molecule has 36 heavy (non-hydrogen) atoms. The Kier molecular flexibility index (Phi) is 5.30. The molecule has 188 valence electrons. The van der Waals surface area contributed by atoms with Gasteiger partial charge in [-0.2, -0.15) is 0 Å². The van der Waals surface area contributed by atoms with Crippen molar-refractivity contribution in [1.29, 1.82) is 0 Å². The average Bonchev–Trinajstić information content (AvgIpc) is 3.24. The minimum atomic E-state index is -1.89. The van der Waals surface area contributed by atoms with Crippen molar-refractivity contribution in [1.82, 2.24) is 19.8 Å². The zero-order valence-electron chi connectivity index (χ0n) is 20.7. The fourth-order valence-corrected chi connectivity index (χ4v) is 5.97. The molecule has 0 radical (unpaired) electrons. The van der Waals surface area contributed by atoms with Gasteiger partial charge in [0.1, 0.15) is 12.4 Å². The van der Waals surface area contributed by atoms with E-state index in [9.17, 15) is 19.1 Å². The fraction of sp³-hybridized carbons (Fsp3) is 0.444. The molecule has 1 fully saturated rings. The number of benzene rings is 1. The van der Waals surface area contributed by atoms with E-state index in [0.29, 0.717) is 34.6 Å². The van der Waals surface area contributed by atoms with Gasteiger partial charge >= 0.3 is 5.97 Å². The third-order valence-corrected chi connectivity index (χ3v) is 8.13. The van der Waals surface area contributed by atoms with Crippen LogP contribution in [0, 0.1) is 12.7 Å². The normalized spacial score (nSPS) is 22.2. The fourth-order valence-electron chi connectivity index (χ4n) is 5.97. The van der Waals surface area contributed by atoms with E-state index in [4.69, 9.17) is 9.72 Å². The third kappa shape index (κ3) is 3.19. The molecule has 3 aliphatic rings. The van der Waals surface area contributed by atoms with Gasteiger partial charge in [-0.1, -0.05) is 6.92 Å². The Morgan fingerprint density at radius 2 is 1.97 bits per heavy atom. The van der Waals surface area contributed by atoms with E-state index in [-0.39, 0.29) is 36.0 Å². The number of nitrogens with one attached hydrogen (secondary N) is 1. The van der Waals surface area contributed by atoms with E-state index in [1.165, 1.54) is 6.07 Å². The lowest BCUT2D eigenvalue weighted by atomic mass is 9.86. The highest BCUT2D eigenvalue weighted by Crippen LogP contribution is 2.43. The number of hydrogen-bond donors (Lipinski definition) is 2. The Bertz CT molecular complexity index is 1490. The van der Waals surface area contributed by atoms with Gasteiger partial charge in [-0.3, -0.25) is 9.69 Å². The maximum absolute atomic E-state index is 14.7. The number of aliphatic hydroxyl groups is 1. The van der Waals surface area contributed by atoms with Crippen LogP contribution in [0.15, 0.2) is 23.0 Å². The Labute approximate surface area is 207 Å². The molecule has 8 nitrogen and oxygen atoms in total. The number of fused-ring (bicyclic) bond motifs is 5. The molecule has 9 heteroatoms. The Morgan fingerprint density at radius 1 is 1.22 bits per heavy atom. The first-order chi connectivity index (χ1) is 17.2. The van der Waals surface area contributed by atoms with Crippen molar-refractivity contribution in [2.75, 3.05) is 26.2 Å². The summed E-state index contributed by atoms with van der Waals surface area (Å²) < 4.78 is 21.5. The molecule has 0 saturated carbocycles. The topological polar surface area (TPSA) is 96.7 Å². The molecule has 0 unspecified atom stereocenters. The van der Waals surface area contributed by atoms with Crippen LogP contribution >= 0.6 is 0 Å². The first-order valence-electron chi connectivity index (χ1n) is 12.5. The first kappa shape index (κ1) is 23.3. The standard InChI is InChI=1S/C27H29FN4O4/c1-4-27(35)19-10-22-24-17(12-32(22)25(33)18(19)13-36-26(27)34)23(15(3)31-7-5-29-6-8-31)16-9-14(2)20(28)11-21(16)30-24/h9-11,15,29,35H,4-8,12-13H2,1-3H3/t15-,27+/m1/s1. The van der Waals surface area contributed by atoms with Crippen LogP contribution in [0.25, 0.3) is 22.3 Å². The van der Waals surface area contributed by atoms with Crippen LogP contribution in [0.1, 0.15) is 54.1 Å². The van der Waals surface area contributed by atoms with Crippen molar-refractivity contribution >= 4 is 16.9 Å². The average molecular weight is 493 g/mol. The van der Waals surface area contributed by atoms with Crippen LogP contribution in [0.2, 0.25) is 0 Å². The zero-order valence-corrected chi connectivity index (χ0v) is 20.7. The number of carbonyl (C=O) groups excluding carboxylic acids is 1. The molecule has 1 saturated heterocycles. The molecule has 0 bridgehead atoms. The predicted molar refractivity (Wildman–Crippen MR) is 132 cm³/mol. The summed E-state index contributed by atoms with van der Waals surface area (Å²) in [5, 5.41) is 15.4. The van der Waals surface area contributed by atoms with E-state index in [2.05, 4.69) is 17.1 Å². The van der Waals surface area contributed by atoms with E-state index in [0.717, 1.165) is 42.7 Å². The zero-order chi connectivity index (χ0) is 25.4. The summed E-state index contributed by atoms with van der Waals surface area (Å²) in [6.07, 6.45) is 0.0789. The van der Waals surface area contributed by atoms with E-state index in [1.54, 1.807) is 24.5 Å². The maximum Gasteiger partial charge on any atom is 0.343 e. The van der Waals surface area contributed by atoms with Crippen LogP contribution in [-0.4, -0.2) is 51.7 Å². The number of nitrogens with zero attached hydrogens (tertiary/aromatic N) is 3. The number of esters is 1. The SMILES string of the molecule is CC[C@@]1(O)C(=O)OCc2c1cc1n(c2=O)Cc2c-1nc1cc(F)c(C)cc1c2[C@@H](C)N1CCNCC1. The van der Waals surface area contributed by atoms with Crippen molar-refractivity contribution < 1.29 is 19.0 Å². The highest BCUT2D eigenvalue weighted by Gasteiger charge is 2.45. The van der Waals surface area contributed by atoms with Crippen LogP contribution < -0.4 is 10.9 Å². The van der Waals surface area contributed by atoms with Crippen molar-refractivity contribution in [2.45, 2.75) is 52.0 Å². The number of pyridine rings is 2. The van der Waals surface area contributed by atoms with Crippen molar-refractivity contribution in [3.63, 3.8) is 0 Å². The lowest BCUT2D eigenvalue weighted by Gasteiger charge is -2.34. The molecule has 2 N–H and O–H groups in total. The lowest BCUT2D eigenvalue weighted by Crippen LogP contribution is -2.44. The summed E-state index contributed by atoms with van der Waals surface area (Å²) in [6.45, 7) is 9.26. The van der Waals surface area contributed by atoms with Gasteiger partial charge < -0.3 is 19.7 Å². The summed E-state index contributed by atoms with van der Waals surface area (Å²) in [7, 11) is 0. The van der Waals surface area contributed by atoms with Crippen LogP contribution in [0.5, 0.6) is 0 Å². The first-order valence-corrected chi connectivity index (χ1v) is 12.5. The second-order valence-electron chi connectivity index (χ2n) is 10.0. The summed E-state index contributed by atoms with van der Waals surface area (Å²) in [5.41, 5.74) is 2.55. The number of piperazine rings is 1. The molecule has 0 amide bonds. The van der Waals surface area contributed by atoms with Gasteiger partial charge in [-0.05, 0) is 43.5 Å². The number of ether oxygens (including phenoxy) is 1. The number of carbonyl (C=O) groups is 1. The molecule has 6 rings (SSSR count). The largest absolute Gasteiger partial charge is 0.458 e. The Morgan fingerprint density at radius 3 is 2.69 bits per heavy atom. The smallest absolute Gasteiger partial charge is 0.343 e. The molecule has 0 spiro atoms. The lowest BCUT2D eigenvalue weighted by molar-refractivity contribution is -0.172. The van der Waals surface area contributed by atoms with Gasteiger partial charge in [0.05, 0.1) is 29.0 Å². The van der Waals surface area contributed by atoms with Gasteiger partial charge in [-0.15, -0.1) is 0 Å². The molecule has 0 aliphatic carbocycles. The number of hydrogen-bond acceptors (Lipinski definition) is 7. The van der Waals surface area contributed by atoms with Crippen LogP contribution in [0.4, 0.5) is 4.39 Å². The van der Waals surface area contributed by atoms with Gasteiger partial charge in [0.15, 0.2) is 5.60 Å². The molecule has 2 atom stereocenters. The number of halogens is 1. The van der Waals surface area contributed by atoms with Crippen molar-refractivity contribution in [2.24, 2.45) is 0 Å². The molecular formula is C27H29FN4O4. The van der Waals surface area contributed by atoms with E-state index in [1.807, 2.05) is 6.07 Å². The van der Waals surface area contributed by atoms with Gasteiger partial charge in [0.25, 0.3) is 5.56 Å². The minimum Gasteiger partial charge on any atom is -0.458 e. The van der Waals surface area contributed by atoms with Crippen molar-refractivity contribution in [3.8, 4) is 11.4 Å². The molecular weight excluding hydrogens is 463 g/mol. The number of rotatable bonds is 3. The van der Waals surface area contributed by atoms with E-state index < -0.39 is 11.6 Å². The summed E-state index contributed by atoms with van der Waals surface area (Å²) in [5.74, 6) is -1.09. The molecule has 5 heterocycles. The predicted octanol–water partition coefficient (Wildman–Crippen LogP) is 2.49. The molecule has 1 aromatic carbocycles. The maximum atomic E-state index is 14.7. The Hall–Kier alpha value is -3.14. The van der Waals surface area contributed by atoms with Gasteiger partial charge in [0.2, 0.25) is 0 Å². The highest BCUT2D eigenvalue weighted by atomic mass is 19.1. The second-order valence-corrected chi connectivity index (χ2v) is 10.0. The highest BCUT2D eigenvalue weighted by molar-refractivity contribution is 5.90. The number of cyclic esters (lactones) is 1. The van der Waals surface area contributed by atoms with Crippen molar-refractivity contribution in [3.05, 3.63) is 62.2 Å². The van der Waals surface area contributed by atoms with Gasteiger partial charge in [-0.25, -0.2) is 14.2 Å². The van der Waals surface area contributed by atoms with E-state index >= 15 is 0 Å². The molecule has 2 aromatic heterocycles. The van der Waals surface area contributed by atoms with Crippen LogP contribution in [-0.2, 0) is 28.3 Å². The monoisotopic (exact) mass is 492 g/mol. The quantitative estimate of drug-likeness (QED) is 0.424.